The van der Waals surface area contributed by atoms with Gasteiger partial charge < -0.3 is 14.9 Å². The maximum atomic E-state index is 5.58. The van der Waals surface area contributed by atoms with E-state index in [1.807, 2.05) is 24.3 Å². The third-order valence-corrected chi connectivity index (χ3v) is 2.26. The second-order valence-corrected chi connectivity index (χ2v) is 3.39. The molecule has 0 fully saturated rings. The zero-order valence-electron chi connectivity index (χ0n) is 8.93. The fourth-order valence-corrected chi connectivity index (χ4v) is 1.44. The van der Waals surface area contributed by atoms with Crippen molar-refractivity contribution in [3.05, 3.63) is 53.7 Å². The van der Waals surface area contributed by atoms with Gasteiger partial charge in [-0.2, -0.15) is 0 Å². The number of nitrogens with zero attached hydrogens (tertiary/aromatic N) is 1. The second-order valence-electron chi connectivity index (χ2n) is 3.39. The lowest BCUT2D eigenvalue weighted by Gasteiger charge is -2.06. The summed E-state index contributed by atoms with van der Waals surface area (Å²) in [4.78, 5) is 4.18. The van der Waals surface area contributed by atoms with Crippen LogP contribution in [0.25, 0.3) is 0 Å². The number of hydrogen-bond donors (Lipinski definition) is 1. The minimum absolute atomic E-state index is 0.431. The normalized spacial score (nSPS) is 10.6. The highest BCUT2D eigenvalue weighted by Crippen LogP contribution is 2.09. The van der Waals surface area contributed by atoms with E-state index in [9.17, 15) is 0 Å². The smallest absolute Gasteiger partial charge is 0.129 e. The quantitative estimate of drug-likeness (QED) is 0.832. The molecular weight excluding hydrogens is 204 g/mol. The Morgan fingerprint density at radius 1 is 1.25 bits per heavy atom. The highest BCUT2D eigenvalue weighted by Gasteiger charge is 2.02. The molecule has 0 saturated heterocycles. The average molecular weight is 218 g/mol. The number of pyridine rings is 1. The number of aromatic nitrogens is 1. The summed E-state index contributed by atoms with van der Waals surface area (Å²) in [6, 6.07) is 7.57. The van der Waals surface area contributed by atoms with Crippen LogP contribution < -0.4 is 5.73 Å². The maximum absolute atomic E-state index is 5.58. The van der Waals surface area contributed by atoms with Crippen molar-refractivity contribution in [2.75, 3.05) is 0 Å². The van der Waals surface area contributed by atoms with Crippen LogP contribution in [-0.2, 0) is 24.5 Å². The predicted octanol–water partition coefficient (Wildman–Crippen LogP) is 1.85. The minimum Gasteiger partial charge on any atom is -0.467 e. The van der Waals surface area contributed by atoms with Gasteiger partial charge in [0.25, 0.3) is 0 Å². The van der Waals surface area contributed by atoms with E-state index in [-0.39, 0.29) is 0 Å². The summed E-state index contributed by atoms with van der Waals surface area (Å²) in [5, 5.41) is 0. The Kier molecular flexibility index (Phi) is 3.69. The molecule has 16 heavy (non-hydrogen) atoms. The fourth-order valence-electron chi connectivity index (χ4n) is 1.44. The lowest BCUT2D eigenvalue weighted by atomic mass is 10.2. The maximum Gasteiger partial charge on any atom is 0.129 e. The first kappa shape index (κ1) is 10.9. The largest absolute Gasteiger partial charge is 0.467 e. The number of rotatable bonds is 5. The zero-order valence-corrected chi connectivity index (χ0v) is 8.93. The van der Waals surface area contributed by atoms with Gasteiger partial charge >= 0.3 is 0 Å². The lowest BCUT2D eigenvalue weighted by molar-refractivity contribution is 0.0922. The third kappa shape index (κ3) is 2.68. The van der Waals surface area contributed by atoms with Crippen LogP contribution in [0.15, 0.2) is 41.1 Å². The van der Waals surface area contributed by atoms with E-state index in [1.165, 1.54) is 0 Å². The Morgan fingerprint density at radius 3 is 2.94 bits per heavy atom. The number of nitrogens with two attached hydrogens (primary N) is 1. The van der Waals surface area contributed by atoms with E-state index in [4.69, 9.17) is 14.9 Å². The van der Waals surface area contributed by atoms with E-state index in [0.29, 0.717) is 19.8 Å². The molecule has 2 N–H and O–H groups in total. The van der Waals surface area contributed by atoms with Gasteiger partial charge in [0.05, 0.1) is 18.6 Å². The van der Waals surface area contributed by atoms with Crippen LogP contribution in [0.2, 0.25) is 0 Å². The van der Waals surface area contributed by atoms with Gasteiger partial charge in [-0.25, -0.2) is 0 Å². The van der Waals surface area contributed by atoms with Crippen molar-refractivity contribution in [1.29, 1.82) is 0 Å². The molecule has 0 spiro atoms. The molecular formula is C12H14N2O2. The summed E-state index contributed by atoms with van der Waals surface area (Å²) in [7, 11) is 0. The van der Waals surface area contributed by atoms with Crippen molar-refractivity contribution >= 4 is 0 Å². The fraction of sp³-hybridized carbons (Fsp3) is 0.250. The Balaban J connectivity index is 1.89. The summed E-state index contributed by atoms with van der Waals surface area (Å²) in [6.07, 6.45) is 3.37. The highest BCUT2D eigenvalue weighted by atomic mass is 16.5. The van der Waals surface area contributed by atoms with Crippen LogP contribution in [0.4, 0.5) is 0 Å². The van der Waals surface area contributed by atoms with Crippen molar-refractivity contribution in [2.45, 2.75) is 19.8 Å². The SMILES string of the molecule is NCc1ncccc1COCc1ccco1. The van der Waals surface area contributed by atoms with Crippen LogP contribution >= 0.6 is 0 Å². The van der Waals surface area contributed by atoms with E-state index < -0.39 is 0 Å². The molecule has 2 heterocycles. The van der Waals surface area contributed by atoms with E-state index in [1.54, 1.807) is 12.5 Å². The van der Waals surface area contributed by atoms with Crippen LogP contribution in [0, 0.1) is 0 Å². The van der Waals surface area contributed by atoms with Gasteiger partial charge in [-0.05, 0) is 18.2 Å². The van der Waals surface area contributed by atoms with E-state index >= 15 is 0 Å². The first-order valence-corrected chi connectivity index (χ1v) is 5.13. The highest BCUT2D eigenvalue weighted by molar-refractivity contribution is 5.18. The molecule has 0 aromatic carbocycles. The molecule has 0 saturated carbocycles. The Hall–Kier alpha value is -1.65. The van der Waals surface area contributed by atoms with Crippen LogP contribution in [0.1, 0.15) is 17.0 Å². The topological polar surface area (TPSA) is 61.3 Å². The minimum atomic E-state index is 0.431. The monoisotopic (exact) mass is 218 g/mol. The van der Waals surface area contributed by atoms with E-state index in [2.05, 4.69) is 4.98 Å². The van der Waals surface area contributed by atoms with E-state index in [0.717, 1.165) is 17.0 Å². The van der Waals surface area contributed by atoms with Crippen molar-refractivity contribution in [3.63, 3.8) is 0 Å². The molecule has 0 bridgehead atoms. The molecule has 4 heteroatoms. The predicted molar refractivity (Wildman–Crippen MR) is 59.3 cm³/mol. The summed E-state index contributed by atoms with van der Waals surface area (Å²) in [6.45, 7) is 1.40. The molecule has 84 valence electrons. The molecule has 0 aliphatic heterocycles. The molecule has 0 radical (unpaired) electrons. The molecule has 0 aliphatic rings. The number of hydrogen-bond acceptors (Lipinski definition) is 4. The zero-order chi connectivity index (χ0) is 11.2. The van der Waals surface area contributed by atoms with Gasteiger partial charge in [0.15, 0.2) is 0 Å². The Labute approximate surface area is 94.1 Å². The lowest BCUT2D eigenvalue weighted by Crippen LogP contribution is -2.05. The van der Waals surface area contributed by atoms with Crippen molar-refractivity contribution in [1.82, 2.24) is 4.98 Å². The van der Waals surface area contributed by atoms with Gasteiger partial charge in [-0.1, -0.05) is 6.07 Å². The van der Waals surface area contributed by atoms with Crippen LogP contribution in [0.5, 0.6) is 0 Å². The molecule has 2 aromatic heterocycles. The van der Waals surface area contributed by atoms with Crippen molar-refractivity contribution < 1.29 is 9.15 Å². The molecule has 0 atom stereocenters. The summed E-state index contributed by atoms with van der Waals surface area (Å²) < 4.78 is 10.7. The summed E-state index contributed by atoms with van der Waals surface area (Å²) >= 11 is 0. The Bertz CT molecular complexity index is 426. The number of ether oxygens (including phenoxy) is 1. The summed E-state index contributed by atoms with van der Waals surface area (Å²) in [5.41, 5.74) is 7.48. The van der Waals surface area contributed by atoms with Gasteiger partial charge in [-0.3, -0.25) is 4.98 Å². The van der Waals surface area contributed by atoms with Crippen LogP contribution in [-0.4, -0.2) is 4.98 Å². The van der Waals surface area contributed by atoms with Crippen molar-refractivity contribution in [3.8, 4) is 0 Å². The van der Waals surface area contributed by atoms with Crippen LogP contribution in [0.3, 0.4) is 0 Å². The van der Waals surface area contributed by atoms with Gasteiger partial charge in [0.2, 0.25) is 0 Å². The van der Waals surface area contributed by atoms with Gasteiger partial charge in [0, 0.05) is 18.3 Å². The molecule has 4 nitrogen and oxygen atoms in total. The molecule has 0 aliphatic carbocycles. The first-order chi connectivity index (χ1) is 7.90. The van der Waals surface area contributed by atoms with Gasteiger partial charge in [0.1, 0.15) is 12.4 Å². The van der Waals surface area contributed by atoms with Crippen molar-refractivity contribution in [2.24, 2.45) is 5.73 Å². The molecule has 0 amide bonds. The average Bonchev–Trinajstić information content (AvgIpc) is 2.83. The summed E-state index contributed by atoms with van der Waals surface area (Å²) in [5.74, 6) is 0.818. The van der Waals surface area contributed by atoms with Gasteiger partial charge in [-0.15, -0.1) is 0 Å². The standard InChI is InChI=1S/C12H14N2O2/c13-7-12-10(3-1-5-14-12)8-15-9-11-4-2-6-16-11/h1-6H,7-9,13H2. The molecule has 2 aromatic rings. The molecule has 0 unspecified atom stereocenters. The number of furan rings is 1. The first-order valence-electron chi connectivity index (χ1n) is 5.13. The molecule has 2 rings (SSSR count). The third-order valence-electron chi connectivity index (χ3n) is 2.26. The second kappa shape index (κ2) is 5.44. The Morgan fingerprint density at radius 2 is 2.19 bits per heavy atom.